The van der Waals surface area contributed by atoms with Gasteiger partial charge >= 0.3 is 0 Å². The summed E-state index contributed by atoms with van der Waals surface area (Å²) in [6, 6.07) is 2.13. The first-order valence-corrected chi connectivity index (χ1v) is 5.87. The highest BCUT2D eigenvalue weighted by atomic mass is 79.9. The highest BCUT2D eigenvalue weighted by Gasteiger charge is 2.06. The van der Waals surface area contributed by atoms with Crippen LogP contribution in [0.1, 0.15) is 13.3 Å². The van der Waals surface area contributed by atoms with Crippen LogP contribution in [0.3, 0.4) is 0 Å². The Morgan fingerprint density at radius 3 is 3.00 bits per heavy atom. The fourth-order valence-corrected chi connectivity index (χ4v) is 1.87. The van der Waals surface area contributed by atoms with Crippen molar-refractivity contribution in [3.05, 3.63) is 21.8 Å². The maximum atomic E-state index is 5.80. The smallest absolute Gasteiger partial charge is 0.140 e. The summed E-state index contributed by atoms with van der Waals surface area (Å²) in [5.74, 6) is 0.808. The first-order chi connectivity index (χ1) is 7.13. The van der Waals surface area contributed by atoms with E-state index >= 15 is 0 Å². The Balaban J connectivity index is 2.56. The van der Waals surface area contributed by atoms with E-state index in [9.17, 15) is 0 Å². The second-order valence-corrected chi connectivity index (χ2v) is 4.60. The molecule has 0 saturated heterocycles. The minimum absolute atomic E-state index is 0.315. The SMILES string of the molecule is COCCC(C)Nc1ncc(Cl)cc1Br. The molecular weight excluding hydrogens is 279 g/mol. The summed E-state index contributed by atoms with van der Waals surface area (Å²) in [4.78, 5) is 4.20. The number of rotatable bonds is 5. The van der Waals surface area contributed by atoms with E-state index < -0.39 is 0 Å². The van der Waals surface area contributed by atoms with Gasteiger partial charge in [-0.05, 0) is 35.3 Å². The van der Waals surface area contributed by atoms with Crippen LogP contribution in [0.25, 0.3) is 0 Å². The molecule has 0 aliphatic carbocycles. The zero-order valence-corrected chi connectivity index (χ0v) is 11.1. The Morgan fingerprint density at radius 2 is 2.40 bits per heavy atom. The van der Waals surface area contributed by atoms with E-state index in [-0.39, 0.29) is 0 Å². The number of nitrogens with one attached hydrogen (secondary N) is 1. The lowest BCUT2D eigenvalue weighted by Crippen LogP contribution is -2.18. The third-order valence-corrected chi connectivity index (χ3v) is 2.76. The molecule has 0 radical (unpaired) electrons. The molecule has 1 unspecified atom stereocenters. The van der Waals surface area contributed by atoms with Crippen LogP contribution in [0.4, 0.5) is 5.82 Å². The minimum atomic E-state index is 0.315. The van der Waals surface area contributed by atoms with E-state index in [4.69, 9.17) is 16.3 Å². The highest BCUT2D eigenvalue weighted by molar-refractivity contribution is 9.10. The van der Waals surface area contributed by atoms with E-state index in [2.05, 4.69) is 33.2 Å². The van der Waals surface area contributed by atoms with Crippen molar-refractivity contribution in [3.8, 4) is 0 Å². The zero-order valence-electron chi connectivity index (χ0n) is 8.76. The summed E-state index contributed by atoms with van der Waals surface area (Å²) >= 11 is 9.20. The number of pyridine rings is 1. The Bertz CT molecular complexity index is 322. The molecule has 1 aromatic rings. The number of anilines is 1. The van der Waals surface area contributed by atoms with Gasteiger partial charge in [-0.3, -0.25) is 0 Å². The number of hydrogen-bond acceptors (Lipinski definition) is 3. The normalized spacial score (nSPS) is 12.5. The van der Waals surface area contributed by atoms with E-state index in [0.717, 1.165) is 23.3 Å². The Kier molecular flexibility index (Phi) is 5.36. The van der Waals surface area contributed by atoms with Gasteiger partial charge in [0.05, 0.1) is 9.50 Å². The molecule has 0 amide bonds. The molecule has 0 aromatic carbocycles. The van der Waals surface area contributed by atoms with Crippen LogP contribution in [0.2, 0.25) is 5.02 Å². The molecule has 0 fully saturated rings. The topological polar surface area (TPSA) is 34.1 Å². The van der Waals surface area contributed by atoms with E-state index in [1.54, 1.807) is 13.3 Å². The molecule has 0 bridgehead atoms. The molecule has 0 saturated carbocycles. The monoisotopic (exact) mass is 292 g/mol. The number of ether oxygens (including phenoxy) is 1. The van der Waals surface area contributed by atoms with Gasteiger partial charge in [-0.2, -0.15) is 0 Å². The van der Waals surface area contributed by atoms with Gasteiger partial charge in [0.1, 0.15) is 5.82 Å². The molecule has 0 aliphatic heterocycles. The van der Waals surface area contributed by atoms with E-state index in [1.165, 1.54) is 0 Å². The summed E-state index contributed by atoms with van der Waals surface area (Å²) in [5.41, 5.74) is 0. The molecular formula is C10H14BrClN2O. The maximum absolute atomic E-state index is 5.80. The summed E-state index contributed by atoms with van der Waals surface area (Å²) in [6.07, 6.45) is 2.56. The second-order valence-electron chi connectivity index (χ2n) is 3.31. The molecule has 1 atom stereocenters. The van der Waals surface area contributed by atoms with Gasteiger partial charge in [0.2, 0.25) is 0 Å². The summed E-state index contributed by atoms with van der Waals surface area (Å²) < 4.78 is 5.88. The zero-order chi connectivity index (χ0) is 11.3. The van der Waals surface area contributed by atoms with Crippen molar-refractivity contribution in [2.24, 2.45) is 0 Å². The van der Waals surface area contributed by atoms with E-state index in [0.29, 0.717) is 11.1 Å². The fourth-order valence-electron chi connectivity index (χ4n) is 1.12. The molecule has 1 heterocycles. The van der Waals surface area contributed by atoms with Crippen molar-refractivity contribution in [2.75, 3.05) is 19.0 Å². The molecule has 5 heteroatoms. The average molecular weight is 294 g/mol. The third-order valence-electron chi connectivity index (χ3n) is 1.95. The van der Waals surface area contributed by atoms with Crippen molar-refractivity contribution < 1.29 is 4.74 Å². The predicted molar refractivity (Wildman–Crippen MR) is 66.5 cm³/mol. The standard InChI is InChI=1S/C10H14BrClN2O/c1-7(3-4-15-2)14-10-9(11)5-8(12)6-13-10/h5-7H,3-4H2,1-2H3,(H,13,14). The Labute approximate surface area is 103 Å². The number of methoxy groups -OCH3 is 1. The van der Waals surface area contributed by atoms with Crippen molar-refractivity contribution >= 4 is 33.3 Å². The molecule has 1 aromatic heterocycles. The second kappa shape index (κ2) is 6.30. The molecule has 1 N–H and O–H groups in total. The lowest BCUT2D eigenvalue weighted by molar-refractivity contribution is 0.191. The quantitative estimate of drug-likeness (QED) is 0.904. The third kappa shape index (κ3) is 4.36. The van der Waals surface area contributed by atoms with Crippen LogP contribution in [-0.2, 0) is 4.74 Å². The van der Waals surface area contributed by atoms with E-state index in [1.807, 2.05) is 6.07 Å². The first kappa shape index (κ1) is 12.7. The van der Waals surface area contributed by atoms with Gasteiger partial charge in [-0.15, -0.1) is 0 Å². The van der Waals surface area contributed by atoms with Crippen LogP contribution >= 0.6 is 27.5 Å². The van der Waals surface area contributed by atoms with Gasteiger partial charge in [-0.25, -0.2) is 4.98 Å². The van der Waals surface area contributed by atoms with Gasteiger partial charge in [0.25, 0.3) is 0 Å². The first-order valence-electron chi connectivity index (χ1n) is 4.70. The molecule has 84 valence electrons. The lowest BCUT2D eigenvalue weighted by atomic mass is 10.2. The van der Waals surface area contributed by atoms with Crippen LogP contribution < -0.4 is 5.32 Å². The van der Waals surface area contributed by atoms with Gasteiger partial charge < -0.3 is 10.1 Å². The lowest BCUT2D eigenvalue weighted by Gasteiger charge is -2.14. The number of nitrogens with zero attached hydrogens (tertiary/aromatic N) is 1. The summed E-state index contributed by atoms with van der Waals surface area (Å²) in [7, 11) is 1.70. The molecule has 3 nitrogen and oxygen atoms in total. The number of halogens is 2. The van der Waals surface area contributed by atoms with Crippen molar-refractivity contribution in [3.63, 3.8) is 0 Å². The number of aromatic nitrogens is 1. The Hall–Kier alpha value is -0.320. The van der Waals surface area contributed by atoms with Gasteiger partial charge in [0, 0.05) is 26.0 Å². The van der Waals surface area contributed by atoms with Crippen LogP contribution in [0.5, 0.6) is 0 Å². The van der Waals surface area contributed by atoms with Gasteiger partial charge in [0.15, 0.2) is 0 Å². The van der Waals surface area contributed by atoms with Crippen LogP contribution in [-0.4, -0.2) is 24.7 Å². The summed E-state index contributed by atoms with van der Waals surface area (Å²) in [6.45, 7) is 2.82. The number of hydrogen-bond donors (Lipinski definition) is 1. The highest BCUT2D eigenvalue weighted by Crippen LogP contribution is 2.23. The van der Waals surface area contributed by atoms with Crippen molar-refractivity contribution in [1.82, 2.24) is 4.98 Å². The molecule has 1 rings (SSSR count). The van der Waals surface area contributed by atoms with Crippen LogP contribution in [0, 0.1) is 0 Å². The van der Waals surface area contributed by atoms with Crippen molar-refractivity contribution in [2.45, 2.75) is 19.4 Å². The van der Waals surface area contributed by atoms with Crippen molar-refractivity contribution in [1.29, 1.82) is 0 Å². The maximum Gasteiger partial charge on any atom is 0.140 e. The molecule has 0 spiro atoms. The molecule has 0 aliphatic rings. The summed E-state index contributed by atoms with van der Waals surface area (Å²) in [5, 5.41) is 3.90. The minimum Gasteiger partial charge on any atom is -0.385 e. The predicted octanol–water partition coefficient (Wildman–Crippen LogP) is 3.33. The largest absolute Gasteiger partial charge is 0.385 e. The Morgan fingerprint density at radius 1 is 1.67 bits per heavy atom. The van der Waals surface area contributed by atoms with Gasteiger partial charge in [-0.1, -0.05) is 11.6 Å². The average Bonchev–Trinajstić information content (AvgIpc) is 2.19. The molecule has 15 heavy (non-hydrogen) atoms. The van der Waals surface area contributed by atoms with Crippen LogP contribution in [0.15, 0.2) is 16.7 Å². The fraction of sp³-hybridized carbons (Fsp3) is 0.500.